The second kappa shape index (κ2) is 7.15. The van der Waals surface area contributed by atoms with Gasteiger partial charge in [-0.2, -0.15) is 0 Å². The predicted octanol–water partition coefficient (Wildman–Crippen LogP) is 2.33. The van der Waals surface area contributed by atoms with Gasteiger partial charge >= 0.3 is 0 Å². The van der Waals surface area contributed by atoms with Crippen LogP contribution in [0.15, 0.2) is 54.6 Å². The molecule has 1 heterocycles. The summed E-state index contributed by atoms with van der Waals surface area (Å²) in [6.45, 7) is 0.481. The molecule has 0 bridgehead atoms. The van der Waals surface area contributed by atoms with Crippen molar-refractivity contribution in [3.8, 4) is 11.5 Å². The van der Waals surface area contributed by atoms with E-state index in [2.05, 4.69) is 5.32 Å². The van der Waals surface area contributed by atoms with Crippen molar-refractivity contribution in [2.75, 3.05) is 20.3 Å². The molecular weight excluding hydrogens is 294 g/mol. The van der Waals surface area contributed by atoms with Gasteiger partial charge in [-0.3, -0.25) is 4.79 Å². The van der Waals surface area contributed by atoms with E-state index in [4.69, 9.17) is 14.2 Å². The summed E-state index contributed by atoms with van der Waals surface area (Å²) in [7, 11) is 1.63. The van der Waals surface area contributed by atoms with Crippen molar-refractivity contribution in [1.82, 2.24) is 5.32 Å². The number of carbonyl (C=O) groups is 1. The molecule has 1 amide bonds. The molecule has 5 nitrogen and oxygen atoms in total. The average Bonchev–Trinajstić information content (AvgIpc) is 2.62. The minimum absolute atomic E-state index is 0.0555. The van der Waals surface area contributed by atoms with Crippen molar-refractivity contribution in [1.29, 1.82) is 0 Å². The molecule has 2 aromatic carbocycles. The van der Waals surface area contributed by atoms with Crippen LogP contribution in [0.4, 0.5) is 0 Å². The first-order valence-electron chi connectivity index (χ1n) is 7.50. The molecular formula is C18H19NO4. The Hall–Kier alpha value is -2.53. The highest BCUT2D eigenvalue weighted by molar-refractivity contribution is 5.77. The number of carbonyl (C=O) groups excluding carboxylic acids is 1. The normalized spacial score (nSPS) is 18.8. The first kappa shape index (κ1) is 15.4. The molecule has 0 unspecified atom stereocenters. The number of hydrogen-bond acceptors (Lipinski definition) is 4. The van der Waals surface area contributed by atoms with Crippen molar-refractivity contribution in [2.45, 2.75) is 12.2 Å². The smallest absolute Gasteiger partial charge is 0.246 e. The zero-order valence-corrected chi connectivity index (χ0v) is 12.9. The zero-order valence-electron chi connectivity index (χ0n) is 12.9. The maximum atomic E-state index is 11.3. The third kappa shape index (κ3) is 3.81. The van der Waals surface area contributed by atoms with Crippen molar-refractivity contribution in [3.63, 3.8) is 0 Å². The molecule has 1 fully saturated rings. The van der Waals surface area contributed by atoms with Crippen LogP contribution < -0.4 is 14.8 Å². The van der Waals surface area contributed by atoms with Crippen LogP contribution in [0.3, 0.4) is 0 Å². The lowest BCUT2D eigenvalue weighted by atomic mass is 10.0. The van der Waals surface area contributed by atoms with Crippen LogP contribution in [0.25, 0.3) is 0 Å². The number of hydrogen-bond donors (Lipinski definition) is 1. The fourth-order valence-electron chi connectivity index (χ4n) is 2.50. The maximum absolute atomic E-state index is 11.3. The number of nitrogens with one attached hydrogen (secondary N) is 1. The van der Waals surface area contributed by atoms with Crippen molar-refractivity contribution in [3.05, 3.63) is 60.2 Å². The Bertz CT molecular complexity index is 632. The van der Waals surface area contributed by atoms with Crippen LogP contribution in [0, 0.1) is 0 Å². The van der Waals surface area contributed by atoms with E-state index in [-0.39, 0.29) is 24.7 Å². The molecule has 1 saturated heterocycles. The molecule has 1 N–H and O–H groups in total. The van der Waals surface area contributed by atoms with Gasteiger partial charge in [0.25, 0.3) is 0 Å². The Balaban J connectivity index is 1.81. The zero-order chi connectivity index (χ0) is 16.1. The highest BCUT2D eigenvalue weighted by atomic mass is 16.5. The van der Waals surface area contributed by atoms with E-state index in [0.29, 0.717) is 6.54 Å². The molecule has 0 spiro atoms. The number of amides is 1. The lowest BCUT2D eigenvalue weighted by molar-refractivity contribution is -0.137. The summed E-state index contributed by atoms with van der Waals surface area (Å²) in [5.41, 5.74) is 1.00. The largest absolute Gasteiger partial charge is 0.497 e. The molecule has 1 aliphatic rings. The number of rotatable bonds is 5. The van der Waals surface area contributed by atoms with Crippen molar-refractivity contribution in [2.24, 2.45) is 0 Å². The predicted molar refractivity (Wildman–Crippen MR) is 85.6 cm³/mol. The van der Waals surface area contributed by atoms with Crippen molar-refractivity contribution < 1.29 is 19.0 Å². The molecule has 0 aliphatic carbocycles. The van der Waals surface area contributed by atoms with E-state index in [0.717, 1.165) is 17.1 Å². The van der Waals surface area contributed by atoms with Crippen LogP contribution in [-0.4, -0.2) is 32.3 Å². The van der Waals surface area contributed by atoms with Gasteiger partial charge in [0, 0.05) is 6.54 Å². The number of benzene rings is 2. The maximum Gasteiger partial charge on any atom is 0.246 e. The van der Waals surface area contributed by atoms with Gasteiger partial charge in [-0.1, -0.05) is 30.3 Å². The minimum Gasteiger partial charge on any atom is -0.497 e. The molecule has 23 heavy (non-hydrogen) atoms. The molecule has 3 rings (SSSR count). The average molecular weight is 313 g/mol. The van der Waals surface area contributed by atoms with Crippen LogP contribution >= 0.6 is 0 Å². The van der Waals surface area contributed by atoms with E-state index in [1.54, 1.807) is 7.11 Å². The fourth-order valence-corrected chi connectivity index (χ4v) is 2.50. The molecule has 0 radical (unpaired) electrons. The SMILES string of the molecule is COc1ccc(O[C@@H](c2ccccc2)[C@H]2CNC(=O)CO2)cc1. The molecule has 1 aliphatic heterocycles. The quantitative estimate of drug-likeness (QED) is 0.920. The van der Waals surface area contributed by atoms with E-state index < -0.39 is 0 Å². The second-order valence-corrected chi connectivity index (χ2v) is 5.28. The number of methoxy groups -OCH3 is 1. The topological polar surface area (TPSA) is 56.8 Å². The highest BCUT2D eigenvalue weighted by Gasteiger charge is 2.30. The summed E-state index contributed by atoms with van der Waals surface area (Å²) >= 11 is 0. The van der Waals surface area contributed by atoms with Gasteiger partial charge in [-0.15, -0.1) is 0 Å². The molecule has 0 aromatic heterocycles. The Morgan fingerprint density at radius 1 is 1.09 bits per heavy atom. The monoisotopic (exact) mass is 313 g/mol. The molecule has 120 valence electrons. The van der Waals surface area contributed by atoms with Gasteiger partial charge in [-0.05, 0) is 29.8 Å². The lowest BCUT2D eigenvalue weighted by Crippen LogP contribution is -2.46. The van der Waals surface area contributed by atoms with Crippen molar-refractivity contribution >= 4 is 5.91 Å². The van der Waals surface area contributed by atoms with Crippen LogP contribution in [0.5, 0.6) is 11.5 Å². The van der Waals surface area contributed by atoms with E-state index in [1.165, 1.54) is 0 Å². The van der Waals surface area contributed by atoms with Crippen LogP contribution in [0.1, 0.15) is 11.7 Å². The van der Waals surface area contributed by atoms with E-state index in [9.17, 15) is 4.79 Å². The van der Waals surface area contributed by atoms with Gasteiger partial charge in [0.05, 0.1) is 7.11 Å². The summed E-state index contributed by atoms with van der Waals surface area (Å²) in [5.74, 6) is 1.40. The third-order valence-corrected chi connectivity index (χ3v) is 3.72. The summed E-state index contributed by atoms with van der Waals surface area (Å²) < 4.78 is 17.0. The van der Waals surface area contributed by atoms with Gasteiger partial charge in [0.2, 0.25) is 5.91 Å². The first-order chi connectivity index (χ1) is 11.3. The molecule has 0 saturated carbocycles. The Kier molecular flexibility index (Phi) is 4.78. The molecule has 5 heteroatoms. The first-order valence-corrected chi connectivity index (χ1v) is 7.50. The third-order valence-electron chi connectivity index (χ3n) is 3.72. The molecule has 2 aromatic rings. The van der Waals surface area contributed by atoms with E-state index >= 15 is 0 Å². The summed E-state index contributed by atoms with van der Waals surface area (Å²) in [6.07, 6.45) is -0.539. The standard InChI is InChI=1S/C18H19NO4/c1-21-14-7-9-15(10-8-14)23-18(13-5-3-2-4-6-13)16-11-19-17(20)12-22-16/h2-10,16,18H,11-12H2,1H3,(H,19,20)/t16-,18+/m1/s1. The number of ether oxygens (including phenoxy) is 3. The van der Waals surface area contributed by atoms with Gasteiger partial charge < -0.3 is 19.5 Å². The lowest BCUT2D eigenvalue weighted by Gasteiger charge is -2.31. The van der Waals surface area contributed by atoms with Crippen LogP contribution in [-0.2, 0) is 9.53 Å². The van der Waals surface area contributed by atoms with Gasteiger partial charge in [0.1, 0.15) is 24.2 Å². The summed E-state index contributed by atoms with van der Waals surface area (Å²) in [4.78, 5) is 11.3. The summed E-state index contributed by atoms with van der Waals surface area (Å²) in [6, 6.07) is 17.3. The Labute approximate surface area is 135 Å². The van der Waals surface area contributed by atoms with Gasteiger partial charge in [-0.25, -0.2) is 0 Å². The molecule has 2 atom stereocenters. The highest BCUT2D eigenvalue weighted by Crippen LogP contribution is 2.28. The summed E-state index contributed by atoms with van der Waals surface area (Å²) in [5, 5.41) is 2.82. The number of morpholine rings is 1. The van der Waals surface area contributed by atoms with Crippen LogP contribution in [0.2, 0.25) is 0 Å². The fraction of sp³-hybridized carbons (Fsp3) is 0.278. The van der Waals surface area contributed by atoms with Gasteiger partial charge in [0.15, 0.2) is 6.10 Å². The Morgan fingerprint density at radius 2 is 1.78 bits per heavy atom. The van der Waals surface area contributed by atoms with E-state index in [1.807, 2.05) is 54.6 Å². The second-order valence-electron chi connectivity index (χ2n) is 5.28. The Morgan fingerprint density at radius 3 is 2.39 bits per heavy atom. The minimum atomic E-state index is -0.301.